The van der Waals surface area contributed by atoms with Crippen LogP contribution in [0.3, 0.4) is 0 Å². The third kappa shape index (κ3) is 2.10. The van der Waals surface area contributed by atoms with Crippen molar-refractivity contribution in [2.45, 2.75) is 6.10 Å². The number of aromatic nitrogens is 3. The highest BCUT2D eigenvalue weighted by atomic mass is 35.5. The summed E-state index contributed by atoms with van der Waals surface area (Å²) in [5.41, 5.74) is 6.48. The molecule has 0 saturated carbocycles. The lowest BCUT2D eigenvalue weighted by atomic mass is 10.1. The maximum atomic E-state index is 10.0. The molecule has 0 aliphatic heterocycles. The molecular weight excluding hydrogens is 228 g/mol. The van der Waals surface area contributed by atoms with E-state index in [0.29, 0.717) is 16.3 Å². The topological polar surface area (TPSA) is 84.9 Å². The van der Waals surface area contributed by atoms with Crippen molar-refractivity contribution in [3.63, 3.8) is 0 Å². The Labute approximate surface area is 96.9 Å². The van der Waals surface area contributed by atoms with Crippen LogP contribution in [-0.2, 0) is 0 Å². The van der Waals surface area contributed by atoms with Gasteiger partial charge < -0.3 is 10.8 Å². The molecule has 0 aromatic carbocycles. The summed E-state index contributed by atoms with van der Waals surface area (Å²) in [6, 6.07) is 1.56. The van der Waals surface area contributed by atoms with Crippen LogP contribution >= 0.6 is 11.6 Å². The zero-order valence-corrected chi connectivity index (χ0v) is 8.96. The molecule has 0 aliphatic rings. The highest BCUT2D eigenvalue weighted by Crippen LogP contribution is 2.25. The van der Waals surface area contributed by atoms with Crippen molar-refractivity contribution >= 4 is 17.4 Å². The van der Waals surface area contributed by atoms with Gasteiger partial charge in [-0.1, -0.05) is 11.6 Å². The Bertz CT molecular complexity index is 491. The van der Waals surface area contributed by atoms with Crippen molar-refractivity contribution in [1.29, 1.82) is 0 Å². The molecule has 0 fully saturated rings. The van der Waals surface area contributed by atoms with Crippen LogP contribution in [0.5, 0.6) is 0 Å². The van der Waals surface area contributed by atoms with E-state index in [0.717, 1.165) is 0 Å². The van der Waals surface area contributed by atoms with E-state index in [9.17, 15) is 5.11 Å². The van der Waals surface area contributed by atoms with Crippen LogP contribution in [0.1, 0.15) is 17.4 Å². The van der Waals surface area contributed by atoms with Crippen LogP contribution in [0.25, 0.3) is 0 Å². The van der Waals surface area contributed by atoms with E-state index >= 15 is 0 Å². The molecule has 6 heteroatoms. The van der Waals surface area contributed by atoms with Crippen molar-refractivity contribution in [2.75, 3.05) is 5.73 Å². The Morgan fingerprint density at radius 3 is 2.75 bits per heavy atom. The van der Waals surface area contributed by atoms with Crippen molar-refractivity contribution < 1.29 is 5.11 Å². The number of aliphatic hydroxyl groups excluding tert-OH is 1. The second-order valence-electron chi connectivity index (χ2n) is 3.16. The van der Waals surface area contributed by atoms with Gasteiger partial charge in [-0.2, -0.15) is 0 Å². The first-order valence-electron chi connectivity index (χ1n) is 4.53. The average Bonchev–Trinajstić information content (AvgIpc) is 2.32. The minimum Gasteiger partial charge on any atom is -0.383 e. The van der Waals surface area contributed by atoms with Gasteiger partial charge in [0.1, 0.15) is 11.9 Å². The van der Waals surface area contributed by atoms with Gasteiger partial charge in [0.2, 0.25) is 0 Å². The summed E-state index contributed by atoms with van der Waals surface area (Å²) >= 11 is 5.78. The zero-order valence-electron chi connectivity index (χ0n) is 8.21. The standard InChI is InChI=1S/C10H9ClN4O/c11-6-3-7(10(12)15-4-6)9(16)8-5-13-1-2-14-8/h1-5,9,16H,(H2,12,15). The van der Waals surface area contributed by atoms with Gasteiger partial charge in [-0.05, 0) is 6.07 Å². The van der Waals surface area contributed by atoms with Crippen LogP contribution in [0.4, 0.5) is 5.82 Å². The number of nitrogens with zero attached hydrogens (tertiary/aromatic N) is 3. The SMILES string of the molecule is Nc1ncc(Cl)cc1C(O)c1cnccn1. The van der Waals surface area contributed by atoms with Gasteiger partial charge in [-0.3, -0.25) is 9.97 Å². The van der Waals surface area contributed by atoms with Gasteiger partial charge in [0.05, 0.1) is 16.9 Å². The summed E-state index contributed by atoms with van der Waals surface area (Å²) in [5.74, 6) is 0.225. The Balaban J connectivity index is 2.41. The van der Waals surface area contributed by atoms with E-state index in [-0.39, 0.29) is 5.82 Å². The van der Waals surface area contributed by atoms with Gasteiger partial charge in [0, 0.05) is 24.2 Å². The van der Waals surface area contributed by atoms with Crippen LogP contribution in [-0.4, -0.2) is 20.1 Å². The first-order chi connectivity index (χ1) is 7.68. The molecule has 2 aromatic rings. The number of nitrogens with two attached hydrogens (primary N) is 1. The van der Waals surface area contributed by atoms with Gasteiger partial charge >= 0.3 is 0 Å². The number of anilines is 1. The van der Waals surface area contributed by atoms with Crippen LogP contribution in [0.2, 0.25) is 5.02 Å². The van der Waals surface area contributed by atoms with Gasteiger partial charge in [-0.25, -0.2) is 4.98 Å². The summed E-state index contributed by atoms with van der Waals surface area (Å²) in [5, 5.41) is 10.4. The van der Waals surface area contributed by atoms with E-state index in [2.05, 4.69) is 15.0 Å². The molecule has 1 unspecified atom stereocenters. The molecule has 16 heavy (non-hydrogen) atoms. The summed E-state index contributed by atoms with van der Waals surface area (Å²) in [7, 11) is 0. The summed E-state index contributed by atoms with van der Waals surface area (Å²) in [6.07, 6.45) is 4.93. The van der Waals surface area contributed by atoms with E-state index in [1.54, 1.807) is 6.07 Å². The lowest BCUT2D eigenvalue weighted by Gasteiger charge is -2.11. The predicted octanol–water partition coefficient (Wildman–Crippen LogP) is 1.19. The van der Waals surface area contributed by atoms with E-state index in [1.807, 2.05) is 0 Å². The Kier molecular flexibility index (Phi) is 2.98. The number of aliphatic hydroxyl groups is 1. The van der Waals surface area contributed by atoms with Crippen molar-refractivity contribution in [3.8, 4) is 0 Å². The monoisotopic (exact) mass is 236 g/mol. The highest BCUT2D eigenvalue weighted by Gasteiger charge is 2.16. The minimum absolute atomic E-state index is 0.225. The maximum Gasteiger partial charge on any atom is 0.129 e. The Morgan fingerprint density at radius 1 is 1.25 bits per heavy atom. The van der Waals surface area contributed by atoms with Crippen LogP contribution in [0.15, 0.2) is 30.9 Å². The van der Waals surface area contributed by atoms with Crippen molar-refractivity contribution in [1.82, 2.24) is 15.0 Å². The number of rotatable bonds is 2. The fourth-order valence-electron chi connectivity index (χ4n) is 1.30. The smallest absolute Gasteiger partial charge is 0.129 e. The summed E-state index contributed by atoms with van der Waals surface area (Å²) in [4.78, 5) is 11.7. The average molecular weight is 237 g/mol. The molecule has 2 rings (SSSR count). The van der Waals surface area contributed by atoms with Crippen LogP contribution in [0, 0.1) is 0 Å². The summed E-state index contributed by atoms with van der Waals surface area (Å²) < 4.78 is 0. The molecular formula is C10H9ClN4O. The molecule has 2 aromatic heterocycles. The molecule has 3 N–H and O–H groups in total. The molecule has 0 amide bonds. The summed E-state index contributed by atoms with van der Waals surface area (Å²) in [6.45, 7) is 0. The fraction of sp³-hybridized carbons (Fsp3) is 0.100. The number of hydrogen-bond acceptors (Lipinski definition) is 5. The quantitative estimate of drug-likeness (QED) is 0.818. The Hall–Kier alpha value is -1.72. The number of hydrogen-bond donors (Lipinski definition) is 2. The molecule has 1 atom stereocenters. The third-order valence-corrected chi connectivity index (χ3v) is 2.28. The number of pyridine rings is 1. The Morgan fingerprint density at radius 2 is 2.06 bits per heavy atom. The predicted molar refractivity (Wildman–Crippen MR) is 59.8 cm³/mol. The van der Waals surface area contributed by atoms with Crippen LogP contribution < -0.4 is 5.73 Å². The molecule has 0 aliphatic carbocycles. The molecule has 0 bridgehead atoms. The largest absolute Gasteiger partial charge is 0.383 e. The molecule has 0 spiro atoms. The lowest BCUT2D eigenvalue weighted by molar-refractivity contribution is 0.215. The van der Waals surface area contributed by atoms with Gasteiger partial charge in [0.25, 0.3) is 0 Å². The lowest BCUT2D eigenvalue weighted by Crippen LogP contribution is -2.07. The molecule has 5 nitrogen and oxygen atoms in total. The van der Waals surface area contributed by atoms with E-state index in [1.165, 1.54) is 24.8 Å². The zero-order chi connectivity index (χ0) is 11.5. The number of nitrogen functional groups attached to an aromatic ring is 1. The minimum atomic E-state index is -0.972. The fourth-order valence-corrected chi connectivity index (χ4v) is 1.46. The third-order valence-electron chi connectivity index (χ3n) is 2.07. The molecule has 0 saturated heterocycles. The van der Waals surface area contributed by atoms with Crippen molar-refractivity contribution in [2.24, 2.45) is 0 Å². The normalized spacial score (nSPS) is 12.4. The van der Waals surface area contributed by atoms with Gasteiger partial charge in [0.15, 0.2) is 0 Å². The first-order valence-corrected chi connectivity index (χ1v) is 4.91. The maximum absolute atomic E-state index is 10.0. The molecule has 0 radical (unpaired) electrons. The highest BCUT2D eigenvalue weighted by molar-refractivity contribution is 6.30. The second kappa shape index (κ2) is 4.42. The first kappa shape index (κ1) is 10.8. The second-order valence-corrected chi connectivity index (χ2v) is 3.60. The van der Waals surface area contributed by atoms with Crippen molar-refractivity contribution in [3.05, 3.63) is 47.1 Å². The molecule has 82 valence electrons. The van der Waals surface area contributed by atoms with E-state index < -0.39 is 6.10 Å². The van der Waals surface area contributed by atoms with Gasteiger partial charge in [-0.15, -0.1) is 0 Å². The number of halogens is 1. The van der Waals surface area contributed by atoms with E-state index in [4.69, 9.17) is 17.3 Å². The molecule has 2 heterocycles.